The molecule has 0 N–H and O–H groups in total. The predicted molar refractivity (Wildman–Crippen MR) is 283 cm³/mol. The zero-order valence-corrected chi connectivity index (χ0v) is 45.6. The topological polar surface area (TPSA) is 207 Å². The number of methoxy groups -OCH3 is 2. The fourth-order valence-electron chi connectivity index (χ4n) is 9.80. The summed E-state index contributed by atoms with van der Waals surface area (Å²) in [7, 11) is 2.53. The van der Waals surface area contributed by atoms with Gasteiger partial charge in [-0.1, -0.05) is 152 Å². The summed E-state index contributed by atoms with van der Waals surface area (Å²) in [4.78, 5) is 52.3. The van der Waals surface area contributed by atoms with Crippen LogP contribution in [-0.2, 0) is 123 Å². The van der Waals surface area contributed by atoms with Crippen molar-refractivity contribution in [2.45, 2.75) is 153 Å². The van der Waals surface area contributed by atoms with Gasteiger partial charge in [-0.25, -0.2) is 4.79 Å². The van der Waals surface area contributed by atoms with Crippen molar-refractivity contribution >= 4 is 23.9 Å². The van der Waals surface area contributed by atoms with Crippen LogP contribution in [0.2, 0.25) is 0 Å². The first-order valence-corrected chi connectivity index (χ1v) is 26.5. The molecule has 3 aliphatic heterocycles. The van der Waals surface area contributed by atoms with E-state index < -0.39 is 116 Å². The van der Waals surface area contributed by atoms with E-state index in [0.29, 0.717) is 0 Å². The average Bonchev–Trinajstić information content (AvgIpc) is 3.53. The van der Waals surface area contributed by atoms with Crippen molar-refractivity contribution in [2.24, 2.45) is 0 Å². The zero-order valence-electron chi connectivity index (χ0n) is 45.6. The third-order valence-electron chi connectivity index (χ3n) is 13.5. The monoisotopic (exact) mass is 1110 g/mol. The summed E-state index contributed by atoms with van der Waals surface area (Å²) in [6.07, 6.45) is -19.5. The SMILES string of the molecule is COC(=O)C1OC(OC2C(OC3OC(COCc4ccccc4)C(OCc4ccccc4)C(OCc4ccccc4)C3OCc3ccccc3)C(C)OC(OC)C2OCc2ccccc2)C(OC(C)=O)C(OC(C)=O)C1OC(C)=O. The maximum Gasteiger partial charge on any atom is 0.339 e. The second kappa shape index (κ2) is 29.8. The van der Waals surface area contributed by atoms with Crippen molar-refractivity contribution in [3.63, 3.8) is 0 Å². The normalized spacial score (nSPS) is 28.5. The van der Waals surface area contributed by atoms with E-state index in [-0.39, 0.29) is 39.6 Å². The lowest BCUT2D eigenvalue weighted by Gasteiger charge is -2.51. The quantitative estimate of drug-likeness (QED) is 0.0421. The zero-order chi connectivity index (χ0) is 56.4. The molecule has 0 aromatic heterocycles. The molecular formula is C61H70O19. The van der Waals surface area contributed by atoms with Crippen LogP contribution in [0.4, 0.5) is 0 Å². The van der Waals surface area contributed by atoms with Crippen LogP contribution in [0.25, 0.3) is 0 Å². The Hall–Kier alpha value is -6.46. The minimum atomic E-state index is -1.80. The Bertz CT molecular complexity index is 2670. The molecule has 0 amide bonds. The summed E-state index contributed by atoms with van der Waals surface area (Å²) in [6, 6.07) is 48.1. The van der Waals surface area contributed by atoms with Crippen molar-refractivity contribution in [1.29, 1.82) is 0 Å². The Balaban J connectivity index is 1.23. The molecule has 0 spiro atoms. The van der Waals surface area contributed by atoms with E-state index in [1.54, 1.807) is 6.92 Å². The summed E-state index contributed by atoms with van der Waals surface area (Å²) in [5, 5.41) is 0. The Morgan fingerprint density at radius 3 is 1.24 bits per heavy atom. The molecular weight excluding hydrogens is 1040 g/mol. The van der Waals surface area contributed by atoms with E-state index in [1.165, 1.54) is 7.11 Å². The molecule has 3 saturated heterocycles. The van der Waals surface area contributed by atoms with Gasteiger partial charge >= 0.3 is 23.9 Å². The number of hydrogen-bond acceptors (Lipinski definition) is 19. The maximum absolute atomic E-state index is 13.7. The summed E-state index contributed by atoms with van der Waals surface area (Å²) in [5.74, 6) is -3.62. The predicted octanol–water partition coefficient (Wildman–Crippen LogP) is 7.12. The highest BCUT2D eigenvalue weighted by Gasteiger charge is 2.59. The standard InChI is InChI=1S/C61H70O19/c1-38-48(51(56(59(67-6)73-38)72-36-46-30-20-11-21-31-46)79-61-57(76-41(4)64)53(75-40(3)63)52(74-39(2)62)54(80-61)58(65)66-5)78-60-55(71-35-45-28-18-10-19-29-45)50(70-34-44-26-16-9-17-27-44)49(69-33-43-24-14-8-15-25-43)47(77-60)37-68-32-42-22-12-7-13-23-42/h7-31,38,47-57,59-61H,32-37H2,1-6H3. The van der Waals surface area contributed by atoms with E-state index in [0.717, 1.165) is 55.7 Å². The van der Waals surface area contributed by atoms with Crippen LogP contribution in [-0.4, -0.2) is 137 Å². The van der Waals surface area contributed by atoms with Crippen molar-refractivity contribution in [3.8, 4) is 0 Å². The molecule has 0 bridgehead atoms. The first-order valence-electron chi connectivity index (χ1n) is 26.5. The molecule has 3 aliphatic rings. The van der Waals surface area contributed by atoms with Crippen LogP contribution in [0, 0.1) is 0 Å². The number of esters is 4. The van der Waals surface area contributed by atoms with E-state index in [9.17, 15) is 19.2 Å². The molecule has 15 atom stereocenters. The van der Waals surface area contributed by atoms with Crippen LogP contribution in [0.5, 0.6) is 0 Å². The lowest BCUT2D eigenvalue weighted by molar-refractivity contribution is -0.390. The summed E-state index contributed by atoms with van der Waals surface area (Å²) < 4.78 is 96.7. The number of carbonyl (C=O) groups is 4. The van der Waals surface area contributed by atoms with Crippen LogP contribution in [0.15, 0.2) is 152 Å². The molecule has 19 nitrogen and oxygen atoms in total. The van der Waals surface area contributed by atoms with Gasteiger partial charge in [-0.3, -0.25) is 14.4 Å². The van der Waals surface area contributed by atoms with Gasteiger partial charge in [0, 0.05) is 27.9 Å². The Morgan fingerprint density at radius 2 is 0.787 bits per heavy atom. The lowest BCUT2D eigenvalue weighted by Crippen LogP contribution is -2.68. The molecule has 80 heavy (non-hydrogen) atoms. The smallest absolute Gasteiger partial charge is 0.339 e. The van der Waals surface area contributed by atoms with Crippen molar-refractivity contribution in [3.05, 3.63) is 179 Å². The van der Waals surface area contributed by atoms with Gasteiger partial charge in [0.05, 0.1) is 52.9 Å². The summed E-state index contributed by atoms with van der Waals surface area (Å²) in [5.41, 5.74) is 4.34. The first-order chi connectivity index (χ1) is 38.9. The highest BCUT2D eigenvalue weighted by molar-refractivity contribution is 5.77. The molecule has 0 saturated carbocycles. The molecule has 0 radical (unpaired) electrons. The molecule has 3 heterocycles. The summed E-state index contributed by atoms with van der Waals surface area (Å²) in [6.45, 7) is 5.70. The van der Waals surface area contributed by atoms with Crippen LogP contribution in [0.1, 0.15) is 55.5 Å². The van der Waals surface area contributed by atoms with Gasteiger partial charge in [-0.2, -0.15) is 0 Å². The Morgan fingerprint density at radius 1 is 0.400 bits per heavy atom. The van der Waals surface area contributed by atoms with Crippen LogP contribution < -0.4 is 0 Å². The van der Waals surface area contributed by atoms with Crippen molar-refractivity contribution in [2.75, 3.05) is 20.8 Å². The van der Waals surface area contributed by atoms with Crippen molar-refractivity contribution in [1.82, 2.24) is 0 Å². The second-order valence-corrected chi connectivity index (χ2v) is 19.4. The van der Waals surface area contributed by atoms with Gasteiger partial charge in [-0.15, -0.1) is 0 Å². The Labute approximate surface area is 465 Å². The lowest BCUT2D eigenvalue weighted by atomic mass is 9.95. The minimum Gasteiger partial charge on any atom is -0.467 e. The molecule has 0 aliphatic carbocycles. The number of hydrogen-bond donors (Lipinski definition) is 0. The molecule has 5 aromatic rings. The van der Waals surface area contributed by atoms with Gasteiger partial charge < -0.3 is 71.1 Å². The Kier molecular flexibility index (Phi) is 22.3. The fourth-order valence-corrected chi connectivity index (χ4v) is 9.80. The van der Waals surface area contributed by atoms with E-state index in [4.69, 9.17) is 71.1 Å². The summed E-state index contributed by atoms with van der Waals surface area (Å²) >= 11 is 0. The molecule has 3 fully saturated rings. The molecule has 19 heteroatoms. The maximum atomic E-state index is 13.7. The average molecular weight is 1110 g/mol. The number of rotatable bonds is 25. The minimum absolute atomic E-state index is 0.00334. The van der Waals surface area contributed by atoms with Crippen LogP contribution in [0.3, 0.4) is 0 Å². The molecule has 15 unspecified atom stereocenters. The third kappa shape index (κ3) is 16.4. The van der Waals surface area contributed by atoms with E-state index >= 15 is 0 Å². The largest absolute Gasteiger partial charge is 0.467 e. The van der Waals surface area contributed by atoms with Crippen molar-refractivity contribution < 1.29 is 90.2 Å². The van der Waals surface area contributed by atoms with Gasteiger partial charge in [0.25, 0.3) is 0 Å². The van der Waals surface area contributed by atoms with E-state index in [1.807, 2.05) is 152 Å². The fraction of sp³-hybridized carbons (Fsp3) is 0.443. The van der Waals surface area contributed by atoms with Gasteiger partial charge in [0.1, 0.15) is 42.7 Å². The van der Waals surface area contributed by atoms with E-state index in [2.05, 4.69) is 0 Å². The number of carbonyl (C=O) groups excluding carboxylic acids is 4. The van der Waals surface area contributed by atoms with Gasteiger partial charge in [0.15, 0.2) is 43.3 Å². The first kappa shape index (κ1) is 59.7. The number of ether oxygens (including phenoxy) is 15. The third-order valence-corrected chi connectivity index (χ3v) is 13.5. The molecule has 5 aromatic carbocycles. The highest BCUT2D eigenvalue weighted by atomic mass is 16.8. The van der Waals surface area contributed by atoms with Gasteiger partial charge in [0.2, 0.25) is 0 Å². The number of benzene rings is 5. The van der Waals surface area contributed by atoms with Crippen LogP contribution >= 0.6 is 0 Å². The van der Waals surface area contributed by atoms with Gasteiger partial charge in [-0.05, 0) is 34.7 Å². The second-order valence-electron chi connectivity index (χ2n) is 19.4. The molecule has 428 valence electrons. The highest BCUT2D eigenvalue weighted by Crippen LogP contribution is 2.39. The molecule has 8 rings (SSSR count).